The molecule has 2 heterocycles. The number of carbonyl (C=O) groups is 2. The molecule has 2 aromatic rings. The van der Waals surface area contributed by atoms with Gasteiger partial charge in [-0.2, -0.15) is 4.31 Å². The van der Waals surface area contributed by atoms with Crippen molar-refractivity contribution in [2.45, 2.75) is 39.0 Å². The van der Waals surface area contributed by atoms with Crippen molar-refractivity contribution >= 4 is 33.2 Å². The van der Waals surface area contributed by atoms with Gasteiger partial charge in [0.05, 0.1) is 10.8 Å². The smallest absolute Gasteiger partial charge is 0.243 e. The number of carbonyl (C=O) groups excluding carboxylic acids is 2. The fourth-order valence-electron chi connectivity index (χ4n) is 4.24. The van der Waals surface area contributed by atoms with E-state index < -0.39 is 15.9 Å². The molecule has 2 aliphatic heterocycles. The Morgan fingerprint density at radius 2 is 1.82 bits per heavy atom. The van der Waals surface area contributed by atoms with Gasteiger partial charge in [-0.25, -0.2) is 8.42 Å². The molecule has 1 saturated heterocycles. The summed E-state index contributed by atoms with van der Waals surface area (Å²) >= 11 is 0. The zero-order valence-corrected chi connectivity index (χ0v) is 20.6. The van der Waals surface area contributed by atoms with Crippen molar-refractivity contribution < 1.29 is 27.5 Å². The van der Waals surface area contributed by atoms with Crippen LogP contribution in [0.3, 0.4) is 0 Å². The quantitative estimate of drug-likeness (QED) is 0.644. The Kier molecular flexibility index (Phi) is 6.55. The molecule has 9 nitrogen and oxygen atoms in total. The number of rotatable bonds is 7. The first kappa shape index (κ1) is 24.0. The van der Waals surface area contributed by atoms with Crippen LogP contribution < -0.4 is 19.7 Å². The lowest BCUT2D eigenvalue weighted by Gasteiger charge is -2.21. The van der Waals surface area contributed by atoms with Crippen molar-refractivity contribution in [2.75, 3.05) is 36.6 Å². The van der Waals surface area contributed by atoms with Gasteiger partial charge in [-0.1, -0.05) is 13.8 Å². The van der Waals surface area contributed by atoms with Crippen LogP contribution >= 0.6 is 0 Å². The summed E-state index contributed by atoms with van der Waals surface area (Å²) in [6.45, 7) is 8.28. The number of amides is 2. The number of sulfonamides is 1. The topological polar surface area (TPSA) is 105 Å². The fourth-order valence-corrected chi connectivity index (χ4v) is 5.81. The second-order valence-corrected chi connectivity index (χ2v) is 10.4. The lowest BCUT2D eigenvalue weighted by Crippen LogP contribution is -2.31. The maximum atomic E-state index is 13.1. The van der Waals surface area contributed by atoms with Crippen LogP contribution in [0.15, 0.2) is 35.2 Å². The van der Waals surface area contributed by atoms with E-state index in [-0.39, 0.29) is 36.5 Å². The SMILES string of the molecule is CCN(CC)S(=O)(=O)c1cc(C)c(C)c(NC(=O)C2CC(=O)N(c3ccc4c(c3)OCO4)C2)c1. The van der Waals surface area contributed by atoms with Crippen molar-refractivity contribution in [2.24, 2.45) is 5.92 Å². The van der Waals surface area contributed by atoms with E-state index in [0.29, 0.717) is 36.0 Å². The van der Waals surface area contributed by atoms with Crippen LogP contribution in [-0.2, 0) is 19.6 Å². The van der Waals surface area contributed by atoms with Crippen molar-refractivity contribution in [3.63, 3.8) is 0 Å². The van der Waals surface area contributed by atoms with Gasteiger partial charge >= 0.3 is 0 Å². The molecule has 0 bridgehead atoms. The van der Waals surface area contributed by atoms with Gasteiger partial charge in [-0.15, -0.1) is 0 Å². The first-order valence-electron chi connectivity index (χ1n) is 11.3. The highest BCUT2D eigenvalue weighted by atomic mass is 32.2. The van der Waals surface area contributed by atoms with E-state index in [0.717, 1.165) is 11.1 Å². The van der Waals surface area contributed by atoms with Crippen LogP contribution in [0, 0.1) is 19.8 Å². The Labute approximate surface area is 199 Å². The van der Waals surface area contributed by atoms with E-state index in [1.54, 1.807) is 43.0 Å². The van der Waals surface area contributed by atoms with Gasteiger partial charge in [0.25, 0.3) is 0 Å². The van der Waals surface area contributed by atoms with Gasteiger partial charge < -0.3 is 19.7 Å². The molecule has 4 rings (SSSR count). The molecule has 1 unspecified atom stereocenters. The van der Waals surface area contributed by atoms with E-state index in [4.69, 9.17) is 9.47 Å². The zero-order chi connectivity index (χ0) is 24.6. The second-order valence-electron chi connectivity index (χ2n) is 8.43. The minimum absolute atomic E-state index is 0.0652. The molecule has 0 radical (unpaired) electrons. The first-order valence-corrected chi connectivity index (χ1v) is 12.7. The molecule has 1 fully saturated rings. The molecule has 1 atom stereocenters. The molecule has 2 amide bonds. The molecule has 1 N–H and O–H groups in total. The van der Waals surface area contributed by atoms with Crippen LogP contribution in [0.1, 0.15) is 31.4 Å². The predicted octanol–water partition coefficient (Wildman–Crippen LogP) is 3.05. The van der Waals surface area contributed by atoms with E-state index in [1.807, 2.05) is 13.8 Å². The number of hydrogen-bond donors (Lipinski definition) is 1. The number of anilines is 2. The third kappa shape index (κ3) is 4.35. The minimum atomic E-state index is -3.68. The van der Waals surface area contributed by atoms with Gasteiger partial charge in [0.15, 0.2) is 11.5 Å². The van der Waals surface area contributed by atoms with Crippen LogP contribution in [0.5, 0.6) is 11.5 Å². The monoisotopic (exact) mass is 487 g/mol. The first-order chi connectivity index (χ1) is 16.1. The summed E-state index contributed by atoms with van der Waals surface area (Å²) in [7, 11) is -3.68. The number of nitrogens with zero attached hydrogens (tertiary/aromatic N) is 2. The highest BCUT2D eigenvalue weighted by Crippen LogP contribution is 2.37. The van der Waals surface area contributed by atoms with Crippen LogP contribution in [0.25, 0.3) is 0 Å². The normalized spacial score (nSPS) is 17.5. The number of fused-ring (bicyclic) bond motifs is 1. The van der Waals surface area contributed by atoms with Crippen molar-refractivity contribution in [1.82, 2.24) is 4.31 Å². The summed E-state index contributed by atoms with van der Waals surface area (Å²) in [6.07, 6.45) is 0.0652. The molecule has 10 heteroatoms. The van der Waals surface area contributed by atoms with Crippen LogP contribution in [0.4, 0.5) is 11.4 Å². The summed E-state index contributed by atoms with van der Waals surface area (Å²) in [6, 6.07) is 8.36. The minimum Gasteiger partial charge on any atom is -0.454 e. The van der Waals surface area contributed by atoms with Crippen molar-refractivity contribution in [1.29, 1.82) is 0 Å². The number of aryl methyl sites for hydroxylation is 1. The maximum Gasteiger partial charge on any atom is 0.243 e. The Morgan fingerprint density at radius 1 is 1.12 bits per heavy atom. The van der Waals surface area contributed by atoms with Gasteiger partial charge in [0.1, 0.15) is 0 Å². The molecule has 2 aromatic carbocycles. The molecule has 0 aliphatic carbocycles. The molecule has 0 saturated carbocycles. The number of benzene rings is 2. The van der Waals surface area contributed by atoms with Crippen molar-refractivity contribution in [3.05, 3.63) is 41.5 Å². The Morgan fingerprint density at radius 3 is 2.53 bits per heavy atom. The molecular formula is C24H29N3O6S. The van der Waals surface area contributed by atoms with Gasteiger partial charge in [0.2, 0.25) is 28.6 Å². The third-order valence-electron chi connectivity index (χ3n) is 6.41. The average Bonchev–Trinajstić information content (AvgIpc) is 3.43. The Balaban J connectivity index is 1.54. The standard InChI is InChI=1S/C24H29N3O6S/c1-5-26(6-2)34(30,31)19-9-15(3)16(4)20(12-19)25-24(29)17-10-23(28)27(13-17)18-7-8-21-22(11-18)33-14-32-21/h7-9,11-12,17H,5-6,10,13-14H2,1-4H3,(H,25,29). The van der Waals surface area contributed by atoms with Gasteiger partial charge in [-0.05, 0) is 49.2 Å². The number of hydrogen-bond acceptors (Lipinski definition) is 6. The van der Waals surface area contributed by atoms with E-state index in [9.17, 15) is 18.0 Å². The van der Waals surface area contributed by atoms with Crippen molar-refractivity contribution in [3.8, 4) is 11.5 Å². The summed E-state index contributed by atoms with van der Waals surface area (Å²) in [5, 5.41) is 2.87. The zero-order valence-electron chi connectivity index (χ0n) is 19.8. The van der Waals surface area contributed by atoms with Gasteiger partial charge in [0, 0.05) is 43.5 Å². The van der Waals surface area contributed by atoms with E-state index >= 15 is 0 Å². The van der Waals surface area contributed by atoms with E-state index in [1.165, 1.54) is 10.4 Å². The molecular weight excluding hydrogens is 458 g/mol. The Bertz CT molecular complexity index is 1240. The number of nitrogens with one attached hydrogen (secondary N) is 1. The molecule has 0 aromatic heterocycles. The Hall–Kier alpha value is -3.11. The van der Waals surface area contributed by atoms with Crippen LogP contribution in [0.2, 0.25) is 0 Å². The largest absolute Gasteiger partial charge is 0.454 e. The highest BCUT2D eigenvalue weighted by Gasteiger charge is 2.36. The lowest BCUT2D eigenvalue weighted by molar-refractivity contribution is -0.122. The maximum absolute atomic E-state index is 13.1. The molecule has 182 valence electrons. The average molecular weight is 488 g/mol. The summed E-state index contributed by atoms with van der Waals surface area (Å²) < 4.78 is 38.1. The summed E-state index contributed by atoms with van der Waals surface area (Å²) in [4.78, 5) is 27.5. The molecule has 34 heavy (non-hydrogen) atoms. The summed E-state index contributed by atoms with van der Waals surface area (Å²) in [5.41, 5.74) is 2.62. The van der Waals surface area contributed by atoms with E-state index in [2.05, 4.69) is 5.32 Å². The number of ether oxygens (including phenoxy) is 2. The third-order valence-corrected chi connectivity index (χ3v) is 8.43. The van der Waals surface area contributed by atoms with Crippen LogP contribution in [-0.4, -0.2) is 51.0 Å². The fraction of sp³-hybridized carbons (Fsp3) is 0.417. The highest BCUT2D eigenvalue weighted by molar-refractivity contribution is 7.89. The van der Waals surface area contributed by atoms with Gasteiger partial charge in [-0.3, -0.25) is 9.59 Å². The lowest BCUT2D eigenvalue weighted by atomic mass is 10.1. The summed E-state index contributed by atoms with van der Waals surface area (Å²) in [5.74, 6) is 0.132. The molecule has 2 aliphatic rings. The predicted molar refractivity (Wildman–Crippen MR) is 128 cm³/mol. The second kappa shape index (κ2) is 9.27. The molecule has 0 spiro atoms.